The van der Waals surface area contributed by atoms with Crippen molar-refractivity contribution in [3.63, 3.8) is 0 Å². The molecular weight excluding hydrogens is 398 g/mol. The molecule has 0 saturated carbocycles. The summed E-state index contributed by atoms with van der Waals surface area (Å²) in [6.07, 6.45) is 11.7. The molecule has 1 amide bonds. The van der Waals surface area contributed by atoms with Gasteiger partial charge in [-0.3, -0.25) is 4.79 Å². The lowest BCUT2D eigenvalue weighted by Gasteiger charge is -2.14. The van der Waals surface area contributed by atoms with Crippen LogP contribution in [0, 0.1) is 12.8 Å². The highest BCUT2D eigenvalue weighted by Crippen LogP contribution is 2.22. The summed E-state index contributed by atoms with van der Waals surface area (Å²) in [5.41, 5.74) is 1.56. The van der Waals surface area contributed by atoms with E-state index in [0.717, 1.165) is 24.2 Å². The third-order valence-corrected chi connectivity index (χ3v) is 7.34. The number of hydrogen-bond acceptors (Lipinski definition) is 4. The van der Waals surface area contributed by atoms with Crippen molar-refractivity contribution in [2.75, 3.05) is 23.9 Å². The van der Waals surface area contributed by atoms with Gasteiger partial charge >= 0.3 is 0 Å². The summed E-state index contributed by atoms with van der Waals surface area (Å²) in [4.78, 5) is 12.4. The van der Waals surface area contributed by atoms with E-state index in [1.54, 1.807) is 26.2 Å². The molecule has 0 spiro atoms. The van der Waals surface area contributed by atoms with Gasteiger partial charge in [-0.25, -0.2) is 8.42 Å². The SMILES string of the molecule is CCCCCCCCCCCCS(=O)(=O)CC(C)C(=O)Nc1ccc(OC)c(C)c1. The van der Waals surface area contributed by atoms with Gasteiger partial charge in [-0.15, -0.1) is 0 Å². The van der Waals surface area contributed by atoms with Crippen molar-refractivity contribution in [2.45, 2.75) is 85.0 Å². The molecule has 0 aliphatic carbocycles. The second-order valence-corrected chi connectivity index (χ2v) is 10.6. The molecule has 1 aromatic rings. The van der Waals surface area contributed by atoms with E-state index in [0.29, 0.717) is 12.1 Å². The van der Waals surface area contributed by atoms with E-state index in [1.807, 2.05) is 13.0 Å². The van der Waals surface area contributed by atoms with E-state index < -0.39 is 15.8 Å². The Morgan fingerprint density at radius 1 is 1.00 bits per heavy atom. The summed E-state index contributed by atoms with van der Waals surface area (Å²) in [5.74, 6) is -0.0411. The fourth-order valence-electron chi connectivity index (χ4n) is 3.57. The number of hydrogen-bond donors (Lipinski definition) is 1. The monoisotopic (exact) mass is 439 g/mol. The van der Waals surface area contributed by atoms with Gasteiger partial charge in [-0.05, 0) is 37.1 Å². The fourth-order valence-corrected chi connectivity index (χ4v) is 5.29. The highest BCUT2D eigenvalue weighted by molar-refractivity contribution is 7.91. The number of rotatable bonds is 16. The zero-order valence-corrected chi connectivity index (χ0v) is 20.2. The first-order valence-electron chi connectivity index (χ1n) is 11.4. The van der Waals surface area contributed by atoms with Crippen molar-refractivity contribution >= 4 is 21.4 Å². The molecule has 6 heteroatoms. The molecule has 1 atom stereocenters. The predicted molar refractivity (Wildman–Crippen MR) is 126 cm³/mol. The van der Waals surface area contributed by atoms with E-state index in [-0.39, 0.29) is 17.4 Å². The number of sulfone groups is 1. The van der Waals surface area contributed by atoms with E-state index in [1.165, 1.54) is 44.9 Å². The molecule has 0 radical (unpaired) electrons. The summed E-state index contributed by atoms with van der Waals surface area (Å²) in [6.45, 7) is 5.79. The topological polar surface area (TPSA) is 72.5 Å². The van der Waals surface area contributed by atoms with Crippen molar-refractivity contribution in [2.24, 2.45) is 5.92 Å². The Kier molecular flexibility index (Phi) is 12.7. The summed E-state index contributed by atoms with van der Waals surface area (Å²) in [7, 11) is -1.63. The number of carbonyl (C=O) groups is 1. The van der Waals surface area contributed by atoms with E-state index in [9.17, 15) is 13.2 Å². The second kappa shape index (κ2) is 14.4. The van der Waals surface area contributed by atoms with Crippen molar-refractivity contribution in [1.29, 1.82) is 0 Å². The van der Waals surface area contributed by atoms with Crippen LogP contribution in [0.1, 0.15) is 83.6 Å². The van der Waals surface area contributed by atoms with Gasteiger partial charge in [0.15, 0.2) is 9.84 Å². The molecule has 0 aromatic heterocycles. The average Bonchev–Trinajstić information content (AvgIpc) is 2.69. The van der Waals surface area contributed by atoms with Crippen LogP contribution >= 0.6 is 0 Å². The van der Waals surface area contributed by atoms with E-state index in [2.05, 4.69) is 12.2 Å². The van der Waals surface area contributed by atoms with E-state index >= 15 is 0 Å². The maximum atomic E-state index is 12.4. The first-order chi connectivity index (χ1) is 14.3. The number of nitrogens with one attached hydrogen (secondary N) is 1. The van der Waals surface area contributed by atoms with Crippen molar-refractivity contribution in [3.05, 3.63) is 23.8 Å². The summed E-state index contributed by atoms with van der Waals surface area (Å²) < 4.78 is 30.0. The quantitative estimate of drug-likeness (QED) is 0.325. The minimum atomic E-state index is -3.23. The Bertz CT molecular complexity index is 731. The van der Waals surface area contributed by atoms with Gasteiger partial charge in [0.05, 0.1) is 18.6 Å². The van der Waals surface area contributed by atoms with E-state index in [4.69, 9.17) is 4.74 Å². The van der Waals surface area contributed by atoms with Crippen molar-refractivity contribution in [3.8, 4) is 5.75 Å². The van der Waals surface area contributed by atoms with Crippen LogP contribution in [-0.4, -0.2) is 32.9 Å². The minimum Gasteiger partial charge on any atom is -0.496 e. The number of benzene rings is 1. The lowest BCUT2D eigenvalue weighted by atomic mass is 10.1. The molecule has 0 heterocycles. The van der Waals surface area contributed by atoms with Crippen LogP contribution in [0.5, 0.6) is 5.75 Å². The van der Waals surface area contributed by atoms with Crippen LogP contribution in [-0.2, 0) is 14.6 Å². The second-order valence-electron chi connectivity index (χ2n) is 8.37. The first-order valence-corrected chi connectivity index (χ1v) is 13.3. The predicted octanol–water partition coefficient (Wildman–Crippen LogP) is 5.91. The smallest absolute Gasteiger partial charge is 0.228 e. The fraction of sp³-hybridized carbons (Fsp3) is 0.708. The van der Waals surface area contributed by atoms with Crippen LogP contribution in [0.4, 0.5) is 5.69 Å². The largest absolute Gasteiger partial charge is 0.496 e. The van der Waals surface area contributed by atoms with Gasteiger partial charge < -0.3 is 10.1 Å². The third kappa shape index (κ3) is 11.0. The number of aryl methyl sites for hydroxylation is 1. The zero-order valence-electron chi connectivity index (χ0n) is 19.3. The molecule has 1 N–H and O–H groups in total. The molecular formula is C24H41NO4S. The normalized spacial score (nSPS) is 12.5. The molecule has 5 nitrogen and oxygen atoms in total. The minimum absolute atomic E-state index is 0.106. The van der Waals surface area contributed by atoms with Crippen molar-refractivity contribution in [1.82, 2.24) is 0 Å². The third-order valence-electron chi connectivity index (χ3n) is 5.42. The highest BCUT2D eigenvalue weighted by atomic mass is 32.2. The Morgan fingerprint density at radius 2 is 1.57 bits per heavy atom. The number of ether oxygens (including phenoxy) is 1. The summed E-state index contributed by atoms with van der Waals surface area (Å²) in [5, 5.41) is 2.81. The van der Waals surface area contributed by atoms with Crippen LogP contribution in [0.15, 0.2) is 18.2 Å². The first kappa shape index (κ1) is 26.5. The molecule has 1 aromatic carbocycles. The van der Waals surface area contributed by atoms with Gasteiger partial charge in [0.1, 0.15) is 5.75 Å². The highest BCUT2D eigenvalue weighted by Gasteiger charge is 2.21. The van der Waals surface area contributed by atoms with Gasteiger partial charge in [0, 0.05) is 11.6 Å². The summed E-state index contributed by atoms with van der Waals surface area (Å²) >= 11 is 0. The Morgan fingerprint density at radius 3 is 2.10 bits per heavy atom. The Hall–Kier alpha value is -1.56. The number of methoxy groups -OCH3 is 1. The average molecular weight is 440 g/mol. The van der Waals surface area contributed by atoms with Crippen LogP contribution in [0.25, 0.3) is 0 Å². The molecule has 0 aliphatic heterocycles. The molecule has 0 bridgehead atoms. The Balaban J connectivity index is 2.27. The summed E-state index contributed by atoms with van der Waals surface area (Å²) in [6, 6.07) is 5.37. The molecule has 1 unspecified atom stereocenters. The lowest BCUT2D eigenvalue weighted by molar-refractivity contribution is -0.118. The maximum absolute atomic E-state index is 12.4. The molecule has 1 rings (SSSR count). The lowest BCUT2D eigenvalue weighted by Crippen LogP contribution is -2.28. The van der Waals surface area contributed by atoms with Gasteiger partial charge in [0.25, 0.3) is 0 Å². The standard InChI is InChI=1S/C24H41NO4S/c1-5-6-7-8-9-10-11-12-13-14-17-30(27,28)19-21(3)24(26)25-22-15-16-23(29-4)20(2)18-22/h15-16,18,21H,5-14,17,19H2,1-4H3,(H,25,26). The zero-order chi connectivity index (χ0) is 22.4. The molecule has 0 fully saturated rings. The van der Waals surface area contributed by atoms with Gasteiger partial charge in [0.2, 0.25) is 5.91 Å². The Labute approximate surface area is 183 Å². The molecule has 0 saturated heterocycles. The number of amides is 1. The van der Waals surface area contributed by atoms with Crippen molar-refractivity contribution < 1.29 is 17.9 Å². The number of carbonyl (C=O) groups excluding carboxylic acids is 1. The van der Waals surface area contributed by atoms with Crippen LogP contribution in [0.3, 0.4) is 0 Å². The molecule has 30 heavy (non-hydrogen) atoms. The molecule has 172 valence electrons. The number of anilines is 1. The molecule has 0 aliphatic rings. The van der Waals surface area contributed by atoms with Crippen LogP contribution in [0.2, 0.25) is 0 Å². The van der Waals surface area contributed by atoms with Gasteiger partial charge in [-0.1, -0.05) is 71.6 Å². The number of unbranched alkanes of at least 4 members (excludes halogenated alkanes) is 9. The van der Waals surface area contributed by atoms with Gasteiger partial charge in [-0.2, -0.15) is 0 Å². The maximum Gasteiger partial charge on any atom is 0.228 e. The van der Waals surface area contributed by atoms with Crippen LogP contribution < -0.4 is 10.1 Å².